The fourth-order valence-corrected chi connectivity index (χ4v) is 3.59. The standard InChI is InChI=1S/C18H25N3O5.C2HF3O2/c1-14(22)20-7-8-25-13-18(12-20)6-5-17(26-18)11-19-10-15-3-2-4-16(9-15)21(23)24;3-2(4,5)1(6)7/h2-4,9,17,19H,5-8,10-13H2,1H3;(H,6,7)/t17-,18+;/m1./s1. The summed E-state index contributed by atoms with van der Waals surface area (Å²) in [4.78, 5) is 32.9. The van der Waals surface area contributed by atoms with Crippen LogP contribution in [0.25, 0.3) is 0 Å². The van der Waals surface area contributed by atoms with Crippen LogP contribution in [-0.2, 0) is 25.6 Å². The van der Waals surface area contributed by atoms with E-state index in [4.69, 9.17) is 19.4 Å². The van der Waals surface area contributed by atoms with Gasteiger partial charge >= 0.3 is 12.1 Å². The monoisotopic (exact) mass is 477 g/mol. The molecule has 0 aromatic heterocycles. The van der Waals surface area contributed by atoms with E-state index in [9.17, 15) is 28.1 Å². The fraction of sp³-hybridized carbons (Fsp3) is 0.600. The van der Waals surface area contributed by atoms with Crippen molar-refractivity contribution < 1.29 is 42.3 Å². The first kappa shape index (κ1) is 26.5. The normalized spacial score (nSPS) is 22.9. The maximum Gasteiger partial charge on any atom is 0.490 e. The van der Waals surface area contributed by atoms with E-state index >= 15 is 0 Å². The van der Waals surface area contributed by atoms with Crippen molar-refractivity contribution in [2.24, 2.45) is 0 Å². The zero-order valence-corrected chi connectivity index (χ0v) is 18.0. The van der Waals surface area contributed by atoms with Crippen LogP contribution in [0.3, 0.4) is 0 Å². The van der Waals surface area contributed by atoms with E-state index in [0.29, 0.717) is 39.4 Å². The molecule has 1 aromatic rings. The van der Waals surface area contributed by atoms with Crippen molar-refractivity contribution in [3.8, 4) is 0 Å². The van der Waals surface area contributed by atoms with Crippen molar-refractivity contribution in [3.63, 3.8) is 0 Å². The van der Waals surface area contributed by atoms with Crippen LogP contribution in [0.5, 0.6) is 0 Å². The number of hydrogen-bond acceptors (Lipinski definition) is 7. The minimum absolute atomic E-state index is 0.0456. The molecule has 0 unspecified atom stereocenters. The molecule has 3 rings (SSSR count). The smallest absolute Gasteiger partial charge is 0.475 e. The number of hydrogen-bond donors (Lipinski definition) is 2. The number of nitro groups is 1. The molecule has 2 aliphatic rings. The third-order valence-electron chi connectivity index (χ3n) is 5.20. The summed E-state index contributed by atoms with van der Waals surface area (Å²) in [6.45, 7) is 5.01. The number of non-ortho nitro benzene ring substituents is 1. The van der Waals surface area contributed by atoms with Gasteiger partial charge in [-0.1, -0.05) is 12.1 Å². The van der Waals surface area contributed by atoms with Gasteiger partial charge in [0, 0.05) is 38.7 Å². The highest BCUT2D eigenvalue weighted by molar-refractivity contribution is 5.73. The number of nitro benzene ring substituents is 1. The van der Waals surface area contributed by atoms with Crippen molar-refractivity contribution in [2.45, 2.75) is 44.2 Å². The van der Waals surface area contributed by atoms with Crippen LogP contribution in [-0.4, -0.2) is 77.5 Å². The van der Waals surface area contributed by atoms with Crippen LogP contribution in [0.2, 0.25) is 0 Å². The minimum atomic E-state index is -5.08. The Balaban J connectivity index is 0.000000479. The summed E-state index contributed by atoms with van der Waals surface area (Å²) in [6.07, 6.45) is -3.28. The summed E-state index contributed by atoms with van der Waals surface area (Å²) in [5.41, 5.74) is 0.549. The zero-order chi connectivity index (χ0) is 24.6. The van der Waals surface area contributed by atoms with Gasteiger partial charge in [-0.25, -0.2) is 4.79 Å². The number of halogens is 3. The largest absolute Gasteiger partial charge is 0.490 e. The van der Waals surface area contributed by atoms with Gasteiger partial charge in [0.15, 0.2) is 0 Å². The van der Waals surface area contributed by atoms with E-state index in [1.54, 1.807) is 24.0 Å². The van der Waals surface area contributed by atoms with E-state index < -0.39 is 17.7 Å². The third kappa shape index (κ3) is 8.26. The lowest BCUT2D eigenvalue weighted by molar-refractivity contribution is -0.384. The summed E-state index contributed by atoms with van der Waals surface area (Å²) in [5.74, 6) is -2.71. The van der Waals surface area contributed by atoms with Gasteiger partial charge < -0.3 is 24.8 Å². The van der Waals surface area contributed by atoms with E-state index in [-0.39, 0.29) is 22.6 Å². The van der Waals surface area contributed by atoms with Crippen LogP contribution < -0.4 is 5.32 Å². The highest BCUT2D eigenvalue weighted by atomic mass is 19.4. The van der Waals surface area contributed by atoms with E-state index in [1.807, 2.05) is 6.07 Å². The Morgan fingerprint density at radius 3 is 2.70 bits per heavy atom. The SMILES string of the molecule is CC(=O)N1CCOC[C@]2(CC[C@H](CNCc3cccc([N+](=O)[O-])c3)O2)C1.O=C(O)C(F)(F)F. The molecule has 2 saturated heterocycles. The van der Waals surface area contributed by atoms with Gasteiger partial charge in [0.1, 0.15) is 5.60 Å². The highest BCUT2D eigenvalue weighted by Gasteiger charge is 2.43. The summed E-state index contributed by atoms with van der Waals surface area (Å²) in [6, 6.07) is 6.62. The van der Waals surface area contributed by atoms with Gasteiger partial charge in [-0.2, -0.15) is 13.2 Å². The first-order valence-electron chi connectivity index (χ1n) is 10.2. The second-order valence-corrected chi connectivity index (χ2v) is 7.82. The predicted molar refractivity (Wildman–Crippen MR) is 108 cm³/mol. The van der Waals surface area contributed by atoms with Crippen LogP contribution in [0.1, 0.15) is 25.3 Å². The number of carbonyl (C=O) groups excluding carboxylic acids is 1. The molecule has 10 nitrogen and oxygen atoms in total. The molecule has 33 heavy (non-hydrogen) atoms. The Bertz CT molecular complexity index is 852. The third-order valence-corrected chi connectivity index (χ3v) is 5.20. The summed E-state index contributed by atoms with van der Waals surface area (Å²) >= 11 is 0. The number of ether oxygens (including phenoxy) is 2. The topological polar surface area (TPSA) is 131 Å². The molecule has 0 saturated carbocycles. The quantitative estimate of drug-likeness (QED) is 0.487. The number of benzene rings is 1. The van der Waals surface area contributed by atoms with E-state index in [0.717, 1.165) is 18.4 Å². The molecule has 2 N–H and O–H groups in total. The van der Waals surface area contributed by atoms with Gasteiger partial charge in [-0.3, -0.25) is 14.9 Å². The van der Waals surface area contributed by atoms with Crippen LogP contribution in [0.4, 0.5) is 18.9 Å². The molecule has 0 radical (unpaired) electrons. The van der Waals surface area contributed by atoms with E-state index in [2.05, 4.69) is 5.32 Å². The molecule has 2 aliphatic heterocycles. The summed E-state index contributed by atoms with van der Waals surface area (Å²) < 4.78 is 43.7. The number of nitrogens with one attached hydrogen (secondary N) is 1. The Morgan fingerprint density at radius 2 is 2.09 bits per heavy atom. The average molecular weight is 477 g/mol. The maximum atomic E-state index is 11.7. The van der Waals surface area contributed by atoms with Crippen molar-refractivity contribution in [2.75, 3.05) is 32.8 Å². The number of nitrogens with zero attached hydrogens (tertiary/aromatic N) is 2. The van der Waals surface area contributed by atoms with Crippen LogP contribution in [0.15, 0.2) is 24.3 Å². The molecular formula is C20H26F3N3O7. The number of alkyl halides is 3. The fourth-order valence-electron chi connectivity index (χ4n) is 3.59. The van der Waals surface area contributed by atoms with E-state index in [1.165, 1.54) is 6.07 Å². The van der Waals surface area contributed by atoms with Crippen molar-refractivity contribution in [1.29, 1.82) is 0 Å². The Morgan fingerprint density at radius 1 is 1.39 bits per heavy atom. The van der Waals surface area contributed by atoms with Crippen molar-refractivity contribution >= 4 is 17.6 Å². The molecule has 0 aliphatic carbocycles. The first-order valence-corrected chi connectivity index (χ1v) is 10.2. The number of carboxylic acid groups (broad SMARTS) is 1. The summed E-state index contributed by atoms with van der Waals surface area (Å²) in [5, 5.41) is 21.3. The van der Waals surface area contributed by atoms with Gasteiger partial charge in [0.05, 0.1) is 30.8 Å². The van der Waals surface area contributed by atoms with Gasteiger partial charge in [0.25, 0.3) is 5.69 Å². The Kier molecular flexibility index (Phi) is 9.14. The molecule has 2 fully saturated rings. The number of amides is 1. The highest BCUT2D eigenvalue weighted by Crippen LogP contribution is 2.33. The lowest BCUT2D eigenvalue weighted by atomic mass is 10.00. The number of carbonyl (C=O) groups is 2. The van der Waals surface area contributed by atoms with Gasteiger partial charge in [-0.15, -0.1) is 0 Å². The minimum Gasteiger partial charge on any atom is -0.475 e. The molecule has 0 bridgehead atoms. The molecule has 2 atom stereocenters. The summed E-state index contributed by atoms with van der Waals surface area (Å²) in [7, 11) is 0. The maximum absolute atomic E-state index is 11.7. The molecular weight excluding hydrogens is 451 g/mol. The second kappa shape index (κ2) is 11.4. The predicted octanol–water partition coefficient (Wildman–Crippen LogP) is 2.11. The second-order valence-electron chi connectivity index (χ2n) is 7.82. The van der Waals surface area contributed by atoms with Crippen molar-refractivity contribution in [1.82, 2.24) is 10.2 Å². The molecule has 1 spiro atoms. The van der Waals surface area contributed by atoms with Crippen LogP contribution in [0, 0.1) is 10.1 Å². The molecule has 1 amide bonds. The Labute approximate surface area is 187 Å². The zero-order valence-electron chi connectivity index (χ0n) is 18.0. The lowest BCUT2D eigenvalue weighted by Crippen LogP contribution is -2.46. The van der Waals surface area contributed by atoms with Crippen molar-refractivity contribution in [3.05, 3.63) is 39.9 Å². The Hall–Kier alpha value is -2.77. The molecule has 2 heterocycles. The van der Waals surface area contributed by atoms with Gasteiger partial charge in [0.2, 0.25) is 5.91 Å². The molecule has 1 aromatic carbocycles. The van der Waals surface area contributed by atoms with Gasteiger partial charge in [-0.05, 0) is 18.4 Å². The van der Waals surface area contributed by atoms with Crippen LogP contribution >= 0.6 is 0 Å². The number of carboxylic acids is 1. The number of rotatable bonds is 5. The first-order chi connectivity index (χ1) is 15.4. The average Bonchev–Trinajstić information content (AvgIpc) is 2.99. The molecule has 13 heteroatoms. The molecule has 184 valence electrons. The number of aliphatic carboxylic acids is 1. The lowest BCUT2D eigenvalue weighted by Gasteiger charge is -2.31.